The molecule has 0 unspecified atom stereocenters. The van der Waals surface area contributed by atoms with Crippen molar-refractivity contribution in [2.24, 2.45) is 0 Å². The summed E-state index contributed by atoms with van der Waals surface area (Å²) >= 11 is 0. The molecule has 0 atom stereocenters. The first kappa shape index (κ1) is 17.8. The minimum absolute atomic E-state index is 0.757. The number of hydrogen-bond donors (Lipinski definition) is 0. The van der Waals surface area contributed by atoms with Crippen molar-refractivity contribution in [3.63, 3.8) is 0 Å². The number of rotatable bonds is 5. The molecule has 3 rings (SSSR count). The number of hydrogen-bond acceptors (Lipinski definition) is 2. The van der Waals surface area contributed by atoms with Gasteiger partial charge >= 0.3 is 0 Å². The lowest BCUT2D eigenvalue weighted by Gasteiger charge is -2.10. The molecule has 0 aliphatic carbocycles. The van der Waals surface area contributed by atoms with Gasteiger partial charge in [-0.25, -0.2) is 9.97 Å². The van der Waals surface area contributed by atoms with Crippen LogP contribution >= 0.6 is 0 Å². The third-order valence-electron chi connectivity index (χ3n) is 4.17. The molecule has 0 saturated heterocycles. The van der Waals surface area contributed by atoms with Crippen LogP contribution < -0.4 is 0 Å². The molecule has 26 heavy (non-hydrogen) atoms. The maximum atomic E-state index is 4.87. The maximum Gasteiger partial charge on any atom is 0.160 e. The van der Waals surface area contributed by atoms with Crippen LogP contribution in [0.4, 0.5) is 0 Å². The van der Waals surface area contributed by atoms with Crippen LogP contribution in [0.2, 0.25) is 0 Å². The summed E-state index contributed by atoms with van der Waals surface area (Å²) in [5.41, 5.74) is 6.38. The van der Waals surface area contributed by atoms with E-state index in [9.17, 15) is 0 Å². The van der Waals surface area contributed by atoms with E-state index in [1.807, 2.05) is 25.1 Å². The van der Waals surface area contributed by atoms with E-state index in [2.05, 4.69) is 74.5 Å². The van der Waals surface area contributed by atoms with Gasteiger partial charge in [-0.15, -0.1) is 0 Å². The SMILES string of the molecule is C/C=C\C(=C/CC)c1cc(-c2ccccc2)nc(-c2ccc(C)cc2)n1. The predicted octanol–water partition coefficient (Wildman–Crippen LogP) is 6.49. The van der Waals surface area contributed by atoms with Crippen molar-refractivity contribution in [2.45, 2.75) is 27.2 Å². The first-order chi connectivity index (χ1) is 12.7. The van der Waals surface area contributed by atoms with Crippen LogP contribution in [0.1, 0.15) is 31.5 Å². The Labute approximate surface area is 156 Å². The Bertz CT molecular complexity index is 920. The summed E-state index contributed by atoms with van der Waals surface area (Å²) in [7, 11) is 0. The van der Waals surface area contributed by atoms with E-state index in [0.717, 1.165) is 40.3 Å². The van der Waals surface area contributed by atoms with Gasteiger partial charge in [0, 0.05) is 11.1 Å². The van der Waals surface area contributed by atoms with Gasteiger partial charge in [-0.1, -0.05) is 85.3 Å². The van der Waals surface area contributed by atoms with Gasteiger partial charge in [-0.3, -0.25) is 0 Å². The van der Waals surface area contributed by atoms with E-state index in [0.29, 0.717) is 0 Å². The summed E-state index contributed by atoms with van der Waals surface area (Å²) in [5.74, 6) is 0.757. The summed E-state index contributed by atoms with van der Waals surface area (Å²) < 4.78 is 0. The van der Waals surface area contributed by atoms with Gasteiger partial charge in [0.1, 0.15) is 0 Å². The number of aryl methyl sites for hydroxylation is 1. The molecule has 0 spiro atoms. The van der Waals surface area contributed by atoms with Gasteiger partial charge in [-0.2, -0.15) is 0 Å². The Hall–Kier alpha value is -3.00. The largest absolute Gasteiger partial charge is 0.228 e. The molecule has 0 amide bonds. The second-order valence-corrected chi connectivity index (χ2v) is 6.26. The van der Waals surface area contributed by atoms with Crippen LogP contribution in [0, 0.1) is 6.92 Å². The van der Waals surface area contributed by atoms with Crippen LogP contribution in [0.5, 0.6) is 0 Å². The maximum absolute atomic E-state index is 4.87. The minimum Gasteiger partial charge on any atom is -0.228 e. The van der Waals surface area contributed by atoms with E-state index in [4.69, 9.17) is 9.97 Å². The standard InChI is InChI=1S/C24H24N2/c1-4-9-19(10-5-2)22-17-23(20-11-7-6-8-12-20)26-24(25-22)21-15-13-18(3)14-16-21/h4,6-17H,5H2,1-3H3/b9-4-,19-10+. The summed E-state index contributed by atoms with van der Waals surface area (Å²) in [6.45, 7) is 6.26. The normalized spacial score (nSPS) is 11.9. The fourth-order valence-corrected chi connectivity index (χ4v) is 2.84. The molecule has 0 aliphatic rings. The third-order valence-corrected chi connectivity index (χ3v) is 4.17. The second kappa shape index (κ2) is 8.39. The predicted molar refractivity (Wildman–Crippen MR) is 111 cm³/mol. The molecule has 0 radical (unpaired) electrons. The first-order valence-electron chi connectivity index (χ1n) is 9.06. The lowest BCUT2D eigenvalue weighted by Crippen LogP contribution is -1.98. The van der Waals surface area contributed by atoms with Crippen molar-refractivity contribution in [1.82, 2.24) is 9.97 Å². The van der Waals surface area contributed by atoms with E-state index >= 15 is 0 Å². The van der Waals surface area contributed by atoms with Crippen molar-refractivity contribution < 1.29 is 0 Å². The second-order valence-electron chi connectivity index (χ2n) is 6.26. The Kier molecular flexibility index (Phi) is 5.75. The summed E-state index contributed by atoms with van der Waals surface area (Å²) in [4.78, 5) is 9.71. The van der Waals surface area contributed by atoms with Gasteiger partial charge < -0.3 is 0 Å². The molecule has 2 aromatic carbocycles. The summed E-state index contributed by atoms with van der Waals surface area (Å²) in [6.07, 6.45) is 7.33. The van der Waals surface area contributed by atoms with Crippen LogP contribution in [-0.4, -0.2) is 9.97 Å². The van der Waals surface area contributed by atoms with Gasteiger partial charge in [-0.05, 0) is 31.9 Å². The monoisotopic (exact) mass is 340 g/mol. The molecule has 0 N–H and O–H groups in total. The van der Waals surface area contributed by atoms with E-state index in [1.54, 1.807) is 0 Å². The van der Waals surface area contributed by atoms with Crippen molar-refractivity contribution in [2.75, 3.05) is 0 Å². The van der Waals surface area contributed by atoms with Gasteiger partial charge in [0.2, 0.25) is 0 Å². The first-order valence-corrected chi connectivity index (χ1v) is 9.06. The minimum atomic E-state index is 0.757. The summed E-state index contributed by atoms with van der Waals surface area (Å²) in [5, 5.41) is 0. The zero-order valence-corrected chi connectivity index (χ0v) is 15.6. The highest BCUT2D eigenvalue weighted by molar-refractivity contribution is 5.76. The lowest BCUT2D eigenvalue weighted by atomic mass is 10.1. The molecular weight excluding hydrogens is 316 g/mol. The van der Waals surface area contributed by atoms with Crippen molar-refractivity contribution in [3.05, 3.63) is 90.1 Å². The van der Waals surface area contributed by atoms with Crippen molar-refractivity contribution >= 4 is 5.57 Å². The molecule has 0 bridgehead atoms. The van der Waals surface area contributed by atoms with Crippen LogP contribution in [-0.2, 0) is 0 Å². The van der Waals surface area contributed by atoms with Crippen LogP contribution in [0.15, 0.2) is 78.9 Å². The average molecular weight is 340 g/mol. The lowest BCUT2D eigenvalue weighted by molar-refractivity contribution is 1.15. The van der Waals surface area contributed by atoms with E-state index in [-0.39, 0.29) is 0 Å². The summed E-state index contributed by atoms with van der Waals surface area (Å²) in [6, 6.07) is 20.7. The van der Waals surface area contributed by atoms with Gasteiger partial charge in [0.15, 0.2) is 5.82 Å². The highest BCUT2D eigenvalue weighted by atomic mass is 14.9. The average Bonchev–Trinajstić information content (AvgIpc) is 2.69. The highest BCUT2D eigenvalue weighted by Crippen LogP contribution is 2.26. The Morgan fingerprint density at radius 2 is 1.65 bits per heavy atom. The molecular formula is C24H24N2. The van der Waals surface area contributed by atoms with Crippen molar-refractivity contribution in [1.29, 1.82) is 0 Å². The van der Waals surface area contributed by atoms with Crippen LogP contribution in [0.25, 0.3) is 28.2 Å². The number of nitrogens with zero attached hydrogens (tertiary/aromatic N) is 2. The molecule has 0 aliphatic heterocycles. The number of aromatic nitrogens is 2. The zero-order valence-electron chi connectivity index (χ0n) is 15.6. The molecule has 2 heteroatoms. The topological polar surface area (TPSA) is 25.8 Å². The molecule has 0 fully saturated rings. The fourth-order valence-electron chi connectivity index (χ4n) is 2.84. The fraction of sp³-hybridized carbons (Fsp3) is 0.167. The third kappa shape index (κ3) is 4.15. The van der Waals surface area contributed by atoms with Gasteiger partial charge in [0.25, 0.3) is 0 Å². The van der Waals surface area contributed by atoms with E-state index in [1.165, 1.54) is 5.56 Å². The Balaban J connectivity index is 2.19. The molecule has 1 heterocycles. The Morgan fingerprint density at radius 1 is 0.923 bits per heavy atom. The van der Waals surface area contributed by atoms with Crippen LogP contribution in [0.3, 0.4) is 0 Å². The van der Waals surface area contributed by atoms with Gasteiger partial charge in [0.05, 0.1) is 11.4 Å². The van der Waals surface area contributed by atoms with E-state index < -0.39 is 0 Å². The zero-order chi connectivity index (χ0) is 18.4. The highest BCUT2D eigenvalue weighted by Gasteiger charge is 2.10. The smallest absolute Gasteiger partial charge is 0.160 e. The quantitative estimate of drug-likeness (QED) is 0.496. The van der Waals surface area contributed by atoms with Crippen molar-refractivity contribution in [3.8, 4) is 22.6 Å². The number of allylic oxidation sites excluding steroid dienone is 4. The Morgan fingerprint density at radius 3 is 2.31 bits per heavy atom. The molecule has 0 saturated carbocycles. The molecule has 1 aromatic heterocycles. The molecule has 3 aromatic rings. The number of benzene rings is 2. The molecule has 130 valence electrons. The molecule has 2 nitrogen and oxygen atoms in total.